The zero-order valence-corrected chi connectivity index (χ0v) is 11.0. The molecule has 19 heavy (non-hydrogen) atoms. The first kappa shape index (κ1) is 13.4. The van der Waals surface area contributed by atoms with Crippen molar-refractivity contribution in [2.45, 2.75) is 25.9 Å². The molecule has 0 aliphatic carbocycles. The molecule has 0 unspecified atom stereocenters. The normalized spacial score (nSPS) is 15.3. The molecule has 5 nitrogen and oxygen atoms in total. The summed E-state index contributed by atoms with van der Waals surface area (Å²) in [6.07, 6.45) is 0.140. The van der Waals surface area contributed by atoms with E-state index < -0.39 is 17.5 Å². The summed E-state index contributed by atoms with van der Waals surface area (Å²) in [5, 5.41) is 0. The zero-order valence-electron chi connectivity index (χ0n) is 11.0. The molecule has 1 aliphatic rings. The molecule has 0 saturated carbocycles. The van der Waals surface area contributed by atoms with Crippen LogP contribution >= 0.6 is 0 Å². The van der Waals surface area contributed by atoms with Crippen LogP contribution in [-0.2, 0) is 25.5 Å². The lowest BCUT2D eigenvalue weighted by molar-refractivity contribution is -0.177. The smallest absolute Gasteiger partial charge is 0.362 e. The van der Waals surface area contributed by atoms with Gasteiger partial charge in [0.1, 0.15) is 5.75 Å². The van der Waals surface area contributed by atoms with E-state index in [0.717, 1.165) is 5.56 Å². The van der Waals surface area contributed by atoms with Gasteiger partial charge in [0, 0.05) is 6.42 Å². The van der Waals surface area contributed by atoms with Crippen LogP contribution in [0.2, 0.25) is 0 Å². The number of hydrogen-bond donors (Lipinski definition) is 0. The van der Waals surface area contributed by atoms with E-state index in [-0.39, 0.29) is 19.6 Å². The molecule has 2 rings (SSSR count). The van der Waals surface area contributed by atoms with Crippen LogP contribution in [0.25, 0.3) is 0 Å². The third kappa shape index (κ3) is 2.28. The van der Waals surface area contributed by atoms with Crippen molar-refractivity contribution in [1.82, 2.24) is 0 Å². The molecule has 0 fully saturated rings. The van der Waals surface area contributed by atoms with Gasteiger partial charge in [0.2, 0.25) is 0 Å². The van der Waals surface area contributed by atoms with Crippen LogP contribution in [0.1, 0.15) is 19.4 Å². The molecule has 0 atom stereocenters. The van der Waals surface area contributed by atoms with Crippen molar-refractivity contribution in [1.29, 1.82) is 0 Å². The quantitative estimate of drug-likeness (QED) is 0.609. The summed E-state index contributed by atoms with van der Waals surface area (Å²) in [5.41, 5.74) is -0.904. The first-order chi connectivity index (χ1) is 9.14. The number of hydrogen-bond acceptors (Lipinski definition) is 5. The Hall–Kier alpha value is -2.04. The standard InChI is InChI=1S/C14H16O5/c1-3-17-12(15)14(13(16)18-4-2)9-10-7-5-6-8-11(10)19-14/h5-8H,3-4,9H2,1-2H3. The minimum absolute atomic E-state index is 0.140. The van der Waals surface area contributed by atoms with Crippen LogP contribution < -0.4 is 4.74 Å². The Kier molecular flexibility index (Phi) is 3.74. The van der Waals surface area contributed by atoms with Gasteiger partial charge in [-0.15, -0.1) is 0 Å². The lowest BCUT2D eigenvalue weighted by atomic mass is 9.97. The third-order valence-corrected chi connectivity index (χ3v) is 2.91. The summed E-state index contributed by atoms with van der Waals surface area (Å²) in [4.78, 5) is 24.2. The van der Waals surface area contributed by atoms with Gasteiger partial charge in [-0.1, -0.05) is 18.2 Å². The second-order valence-corrected chi connectivity index (χ2v) is 4.15. The Morgan fingerprint density at radius 2 is 1.74 bits per heavy atom. The minimum atomic E-state index is -1.70. The first-order valence-electron chi connectivity index (χ1n) is 6.25. The molecular formula is C14H16O5. The number of ether oxygens (including phenoxy) is 3. The molecule has 0 spiro atoms. The average molecular weight is 264 g/mol. The van der Waals surface area contributed by atoms with Gasteiger partial charge >= 0.3 is 17.5 Å². The maximum Gasteiger partial charge on any atom is 0.362 e. The van der Waals surface area contributed by atoms with Gasteiger partial charge in [-0.25, -0.2) is 9.59 Å². The molecule has 1 aromatic rings. The van der Waals surface area contributed by atoms with Gasteiger partial charge in [0.15, 0.2) is 0 Å². The highest BCUT2D eigenvalue weighted by molar-refractivity contribution is 6.05. The van der Waals surface area contributed by atoms with Crippen LogP contribution in [0.15, 0.2) is 24.3 Å². The Morgan fingerprint density at radius 1 is 1.16 bits per heavy atom. The van der Waals surface area contributed by atoms with E-state index in [2.05, 4.69) is 0 Å². The zero-order chi connectivity index (χ0) is 13.9. The molecule has 0 amide bonds. The average Bonchev–Trinajstić information content (AvgIpc) is 2.80. The Bertz CT molecular complexity index is 449. The van der Waals surface area contributed by atoms with Crippen molar-refractivity contribution in [3.8, 4) is 5.75 Å². The number of benzene rings is 1. The molecule has 102 valence electrons. The first-order valence-corrected chi connectivity index (χ1v) is 6.25. The lowest BCUT2D eigenvalue weighted by Gasteiger charge is -2.23. The van der Waals surface area contributed by atoms with Crippen molar-refractivity contribution >= 4 is 11.9 Å². The highest BCUT2D eigenvalue weighted by Gasteiger charge is 2.55. The van der Waals surface area contributed by atoms with Crippen molar-refractivity contribution in [2.24, 2.45) is 0 Å². The molecule has 0 saturated heterocycles. The van der Waals surface area contributed by atoms with Crippen LogP contribution in [0, 0.1) is 0 Å². The van der Waals surface area contributed by atoms with Crippen molar-refractivity contribution < 1.29 is 23.8 Å². The predicted molar refractivity (Wildman–Crippen MR) is 66.8 cm³/mol. The second-order valence-electron chi connectivity index (χ2n) is 4.15. The number of esters is 2. The highest BCUT2D eigenvalue weighted by atomic mass is 16.6. The largest absolute Gasteiger partial charge is 0.463 e. The van der Waals surface area contributed by atoms with Gasteiger partial charge in [0.25, 0.3) is 0 Å². The van der Waals surface area contributed by atoms with Crippen molar-refractivity contribution in [3.63, 3.8) is 0 Å². The molecule has 0 aromatic heterocycles. The van der Waals surface area contributed by atoms with E-state index >= 15 is 0 Å². The van der Waals surface area contributed by atoms with E-state index in [9.17, 15) is 9.59 Å². The van der Waals surface area contributed by atoms with Crippen LogP contribution in [0.3, 0.4) is 0 Å². The number of para-hydroxylation sites is 1. The molecule has 0 N–H and O–H groups in total. The molecule has 0 bridgehead atoms. The van der Waals surface area contributed by atoms with Crippen LogP contribution in [0.5, 0.6) is 5.75 Å². The van der Waals surface area contributed by atoms with Gasteiger partial charge in [-0.3, -0.25) is 0 Å². The lowest BCUT2D eigenvalue weighted by Crippen LogP contribution is -2.53. The number of fused-ring (bicyclic) bond motifs is 1. The van der Waals surface area contributed by atoms with Gasteiger partial charge in [-0.05, 0) is 25.5 Å². The Labute approximate surface area is 111 Å². The molecule has 1 heterocycles. The monoisotopic (exact) mass is 264 g/mol. The SMILES string of the molecule is CCOC(=O)C1(C(=O)OCC)Cc2ccccc2O1. The van der Waals surface area contributed by atoms with Crippen molar-refractivity contribution in [3.05, 3.63) is 29.8 Å². The summed E-state index contributed by atoms with van der Waals surface area (Å²) < 4.78 is 15.5. The van der Waals surface area contributed by atoms with Gasteiger partial charge < -0.3 is 14.2 Å². The van der Waals surface area contributed by atoms with Gasteiger partial charge in [-0.2, -0.15) is 0 Å². The third-order valence-electron chi connectivity index (χ3n) is 2.91. The number of carbonyl (C=O) groups excluding carboxylic acids is 2. The van der Waals surface area contributed by atoms with E-state index in [1.165, 1.54) is 0 Å². The summed E-state index contributed by atoms with van der Waals surface area (Å²) in [7, 11) is 0. The van der Waals surface area contributed by atoms with Gasteiger partial charge in [0.05, 0.1) is 13.2 Å². The fourth-order valence-corrected chi connectivity index (χ4v) is 2.05. The van der Waals surface area contributed by atoms with E-state index in [1.54, 1.807) is 26.0 Å². The topological polar surface area (TPSA) is 61.8 Å². The number of carbonyl (C=O) groups is 2. The maximum atomic E-state index is 12.1. The van der Waals surface area contributed by atoms with E-state index in [1.807, 2.05) is 12.1 Å². The Balaban J connectivity index is 2.34. The Morgan fingerprint density at radius 3 is 2.26 bits per heavy atom. The summed E-state index contributed by atoms with van der Waals surface area (Å²) >= 11 is 0. The summed E-state index contributed by atoms with van der Waals surface area (Å²) in [6, 6.07) is 7.14. The van der Waals surface area contributed by atoms with Crippen molar-refractivity contribution in [2.75, 3.05) is 13.2 Å². The van der Waals surface area contributed by atoms with E-state index in [4.69, 9.17) is 14.2 Å². The fraction of sp³-hybridized carbons (Fsp3) is 0.429. The molecule has 1 aromatic carbocycles. The fourth-order valence-electron chi connectivity index (χ4n) is 2.05. The molecule has 0 radical (unpaired) electrons. The van der Waals surface area contributed by atoms with Crippen LogP contribution in [0.4, 0.5) is 0 Å². The minimum Gasteiger partial charge on any atom is -0.463 e. The summed E-state index contributed by atoms with van der Waals surface area (Å²) in [6.45, 7) is 3.72. The molecular weight excluding hydrogens is 248 g/mol. The van der Waals surface area contributed by atoms with Crippen LogP contribution in [-0.4, -0.2) is 30.8 Å². The van der Waals surface area contributed by atoms with E-state index in [0.29, 0.717) is 5.75 Å². The summed E-state index contributed by atoms with van der Waals surface area (Å²) in [5.74, 6) is -0.891. The molecule has 1 aliphatic heterocycles. The maximum absolute atomic E-state index is 12.1. The second kappa shape index (κ2) is 5.30. The predicted octanol–water partition coefficient (Wildman–Crippen LogP) is 1.49. The molecule has 5 heteroatoms. The number of rotatable bonds is 4. The highest BCUT2D eigenvalue weighted by Crippen LogP contribution is 2.36.